The van der Waals surface area contributed by atoms with E-state index in [1.807, 2.05) is 0 Å². The quantitative estimate of drug-likeness (QED) is 0.417. The Morgan fingerprint density at radius 3 is 1.77 bits per heavy atom. The normalized spacial score (nSPS) is 16.8. The van der Waals surface area contributed by atoms with Gasteiger partial charge in [-0.1, -0.05) is 18.2 Å². The summed E-state index contributed by atoms with van der Waals surface area (Å²) in [6.45, 7) is 2.68. The maximum absolute atomic E-state index is 13.3. The van der Waals surface area contributed by atoms with Crippen molar-refractivity contribution in [1.82, 2.24) is 4.90 Å². The second kappa shape index (κ2) is 10.2. The number of nitrogens with zero attached hydrogens (tertiary/aromatic N) is 1. The summed E-state index contributed by atoms with van der Waals surface area (Å²) in [7, 11) is -4.26. The molecule has 1 aliphatic rings. The topological polar surface area (TPSA) is 74.7 Å². The molecule has 1 amide bonds. The zero-order valence-corrected chi connectivity index (χ0v) is 21.8. The number of piperidine rings is 1. The number of sulfone groups is 1. The van der Waals surface area contributed by atoms with Crippen LogP contribution in [0, 0.1) is 5.92 Å². The number of alkyl halides is 9. The molecule has 40 heavy (non-hydrogen) atoms. The summed E-state index contributed by atoms with van der Waals surface area (Å²) in [5, 5.41) is 9.49. The minimum absolute atomic E-state index is 0.0260. The fourth-order valence-electron chi connectivity index (χ4n) is 4.67. The highest BCUT2D eigenvalue weighted by molar-refractivity contribution is 7.92. The number of rotatable bonds is 5. The monoisotopic (exact) mass is 605 g/mol. The molecular weight excluding hydrogens is 581 g/mol. The van der Waals surface area contributed by atoms with E-state index in [0.717, 1.165) is 18.2 Å². The third-order valence-corrected chi connectivity index (χ3v) is 9.89. The largest absolute Gasteiger partial charge is 0.430 e. The van der Waals surface area contributed by atoms with Crippen molar-refractivity contribution in [1.29, 1.82) is 0 Å². The number of carbonyl (C=O) groups excluding carboxylic acids is 1. The molecule has 0 bridgehead atoms. The van der Waals surface area contributed by atoms with Crippen molar-refractivity contribution >= 4 is 15.7 Å². The van der Waals surface area contributed by atoms with Crippen molar-refractivity contribution in [3.05, 3.63) is 65.2 Å². The van der Waals surface area contributed by atoms with Gasteiger partial charge in [-0.25, -0.2) is 8.42 Å². The average molecular weight is 606 g/mol. The van der Waals surface area contributed by atoms with Crippen LogP contribution in [0.25, 0.3) is 0 Å². The van der Waals surface area contributed by atoms with Gasteiger partial charge >= 0.3 is 18.5 Å². The van der Waals surface area contributed by atoms with Gasteiger partial charge in [0.1, 0.15) is 0 Å². The summed E-state index contributed by atoms with van der Waals surface area (Å²) in [6, 6.07) is 5.49. The number of halogens is 9. The smallest absolute Gasteiger partial charge is 0.369 e. The first-order valence-corrected chi connectivity index (χ1v) is 13.2. The molecule has 0 spiro atoms. The lowest BCUT2D eigenvalue weighted by molar-refractivity contribution is -0.376. The van der Waals surface area contributed by atoms with Crippen molar-refractivity contribution in [3.63, 3.8) is 0 Å². The molecule has 5 nitrogen and oxygen atoms in total. The molecule has 0 atom stereocenters. The highest BCUT2D eigenvalue weighted by atomic mass is 32.2. The lowest BCUT2D eigenvalue weighted by Crippen LogP contribution is -2.53. The summed E-state index contributed by atoms with van der Waals surface area (Å²) in [4.78, 5) is 13.6. The van der Waals surface area contributed by atoms with E-state index >= 15 is 0 Å². The van der Waals surface area contributed by atoms with Crippen LogP contribution in [-0.4, -0.2) is 54.5 Å². The van der Waals surface area contributed by atoms with Crippen LogP contribution in [0.15, 0.2) is 53.4 Å². The van der Waals surface area contributed by atoms with Gasteiger partial charge in [0.15, 0.2) is 9.84 Å². The maximum atomic E-state index is 13.3. The van der Waals surface area contributed by atoms with E-state index in [-0.39, 0.29) is 31.5 Å². The van der Waals surface area contributed by atoms with E-state index in [1.165, 1.54) is 18.7 Å². The summed E-state index contributed by atoms with van der Waals surface area (Å²) in [5.41, 5.74) is -8.05. The van der Waals surface area contributed by atoms with Crippen LogP contribution >= 0.6 is 0 Å². The molecule has 1 fully saturated rings. The molecule has 1 saturated heterocycles. The van der Waals surface area contributed by atoms with Crippen LogP contribution in [0.5, 0.6) is 0 Å². The molecular formula is C25H24F9NO4S. The molecule has 222 valence electrons. The molecule has 1 heterocycles. The van der Waals surface area contributed by atoms with Crippen molar-refractivity contribution in [2.45, 2.75) is 60.5 Å². The van der Waals surface area contributed by atoms with Gasteiger partial charge in [-0.15, -0.1) is 0 Å². The first-order chi connectivity index (χ1) is 18.0. The Morgan fingerprint density at radius 2 is 1.32 bits per heavy atom. The molecule has 0 unspecified atom stereocenters. The Hall–Kier alpha value is -2.81. The zero-order chi connectivity index (χ0) is 30.5. The van der Waals surface area contributed by atoms with Gasteiger partial charge in [0.05, 0.1) is 15.2 Å². The van der Waals surface area contributed by atoms with Crippen molar-refractivity contribution < 1.29 is 57.8 Å². The summed E-state index contributed by atoms with van der Waals surface area (Å²) in [5.74, 6) is -1.34. The van der Waals surface area contributed by atoms with Crippen LogP contribution in [0.1, 0.15) is 48.2 Å². The maximum Gasteiger partial charge on any atom is 0.430 e. The third-order valence-electron chi connectivity index (χ3n) is 7.30. The number of benzene rings is 2. The van der Waals surface area contributed by atoms with Gasteiger partial charge in [-0.2, -0.15) is 39.5 Å². The lowest BCUT2D eigenvalue weighted by Gasteiger charge is -2.40. The van der Waals surface area contributed by atoms with E-state index in [0.29, 0.717) is 30.3 Å². The fraction of sp³-hybridized carbons (Fsp3) is 0.480. The Bertz CT molecular complexity index is 1330. The number of likely N-dealkylation sites (tertiary alicyclic amines) is 1. The van der Waals surface area contributed by atoms with Gasteiger partial charge in [0.25, 0.3) is 11.5 Å². The summed E-state index contributed by atoms with van der Waals surface area (Å²) < 4.78 is 143. The van der Waals surface area contributed by atoms with Gasteiger partial charge in [-0.05, 0) is 62.9 Å². The molecule has 15 heteroatoms. The van der Waals surface area contributed by atoms with Crippen LogP contribution in [-0.2, 0) is 21.6 Å². The van der Waals surface area contributed by atoms with E-state index in [9.17, 15) is 57.8 Å². The highest BCUT2D eigenvalue weighted by Crippen LogP contribution is 2.50. The molecule has 2 aromatic carbocycles. The Kier molecular flexibility index (Phi) is 8.11. The van der Waals surface area contributed by atoms with E-state index in [2.05, 4.69) is 0 Å². The number of hydrogen-bond acceptors (Lipinski definition) is 4. The van der Waals surface area contributed by atoms with Crippen LogP contribution in [0.2, 0.25) is 0 Å². The molecule has 2 aromatic rings. The van der Waals surface area contributed by atoms with Crippen molar-refractivity contribution in [3.8, 4) is 0 Å². The Balaban J connectivity index is 1.76. The fourth-order valence-corrected chi connectivity index (χ4v) is 6.49. The minimum atomic E-state index is -6.08. The summed E-state index contributed by atoms with van der Waals surface area (Å²) >= 11 is 0. The standard InChI is InChI=1S/C25H24F9NO4S/c1-21(2,40(38,39)19-5-3-4-18(14-19)23(26,27)28)16-10-12-35(13-11-16)20(36)15-6-8-17(9-7-15)22(37,24(29,30)31)25(32,33)34/h3-9,14,16,37H,10-13H2,1-2H3. The summed E-state index contributed by atoms with van der Waals surface area (Å²) in [6.07, 6.45) is -16.7. The molecule has 1 aliphatic heterocycles. The number of aliphatic hydroxyl groups is 1. The zero-order valence-electron chi connectivity index (χ0n) is 21.0. The second-order valence-corrected chi connectivity index (χ2v) is 12.5. The van der Waals surface area contributed by atoms with E-state index < -0.39 is 66.6 Å². The molecule has 0 radical (unpaired) electrons. The van der Waals surface area contributed by atoms with Crippen LogP contribution in [0.3, 0.4) is 0 Å². The molecule has 1 N–H and O–H groups in total. The van der Waals surface area contributed by atoms with Crippen molar-refractivity contribution in [2.75, 3.05) is 13.1 Å². The highest BCUT2D eigenvalue weighted by Gasteiger charge is 2.71. The molecule has 0 aliphatic carbocycles. The first kappa shape index (κ1) is 31.7. The molecule has 0 aromatic heterocycles. The molecule has 0 saturated carbocycles. The number of carbonyl (C=O) groups is 1. The van der Waals surface area contributed by atoms with E-state index in [1.54, 1.807) is 0 Å². The first-order valence-electron chi connectivity index (χ1n) is 11.7. The Labute approximate surface area is 223 Å². The number of amides is 1. The predicted octanol–water partition coefficient (Wildman–Crippen LogP) is 6.12. The number of hydrogen-bond donors (Lipinski definition) is 1. The Morgan fingerprint density at radius 1 is 0.825 bits per heavy atom. The van der Waals surface area contributed by atoms with Gasteiger partial charge in [0.2, 0.25) is 0 Å². The lowest BCUT2D eigenvalue weighted by atomic mass is 9.85. The predicted molar refractivity (Wildman–Crippen MR) is 124 cm³/mol. The SMILES string of the molecule is CC(C)(C1CCN(C(=O)c2ccc(C(O)(C(F)(F)F)C(F)(F)F)cc2)CC1)S(=O)(=O)c1cccc(C(F)(F)F)c1. The van der Waals surface area contributed by atoms with E-state index in [4.69, 9.17) is 0 Å². The second-order valence-electron chi connectivity index (χ2n) is 9.98. The van der Waals surface area contributed by atoms with Gasteiger partial charge < -0.3 is 10.0 Å². The van der Waals surface area contributed by atoms with Gasteiger partial charge in [0, 0.05) is 24.2 Å². The van der Waals surface area contributed by atoms with Crippen molar-refractivity contribution in [2.24, 2.45) is 5.92 Å². The van der Waals surface area contributed by atoms with Crippen LogP contribution < -0.4 is 0 Å². The average Bonchev–Trinajstić information content (AvgIpc) is 2.86. The van der Waals surface area contributed by atoms with Gasteiger partial charge in [-0.3, -0.25) is 4.79 Å². The minimum Gasteiger partial charge on any atom is -0.369 e. The van der Waals surface area contributed by atoms with Crippen LogP contribution in [0.4, 0.5) is 39.5 Å². The third kappa shape index (κ3) is 5.54. The molecule has 3 rings (SSSR count).